The molecule has 0 aliphatic heterocycles. The van der Waals surface area contributed by atoms with Crippen LogP contribution in [0.15, 0.2) is 47.4 Å². The molecule has 134 valence electrons. The lowest BCUT2D eigenvalue weighted by molar-refractivity contribution is -0.120. The van der Waals surface area contributed by atoms with Crippen LogP contribution in [0.25, 0.3) is 10.9 Å². The third-order valence-corrected chi connectivity index (χ3v) is 4.46. The Morgan fingerprint density at radius 1 is 1.12 bits per heavy atom. The molecule has 0 aliphatic carbocycles. The Bertz CT molecular complexity index is 1010. The summed E-state index contributed by atoms with van der Waals surface area (Å²) in [4.78, 5) is 23.9. The summed E-state index contributed by atoms with van der Waals surface area (Å²) in [6, 6.07) is 10.1. The number of amides is 1. The summed E-state index contributed by atoms with van der Waals surface area (Å²) in [6.45, 7) is 0.302. The van der Waals surface area contributed by atoms with Gasteiger partial charge in [-0.05, 0) is 24.3 Å². The molecule has 0 radical (unpaired) electrons. The first-order valence-electron chi connectivity index (χ1n) is 7.60. The quantitative estimate of drug-likeness (QED) is 0.625. The lowest BCUT2D eigenvalue weighted by Gasteiger charge is -2.13. The number of para-hydroxylation sites is 1. The highest BCUT2D eigenvalue weighted by molar-refractivity contribution is 6.41. The molecule has 0 spiro atoms. The molecular weight excluding hydrogens is 399 g/mol. The number of nitrogens with zero attached hydrogens (tertiary/aromatic N) is 2. The summed E-state index contributed by atoms with van der Waals surface area (Å²) >= 11 is 17.9. The van der Waals surface area contributed by atoms with Gasteiger partial charge >= 0.3 is 0 Å². The number of aryl methyl sites for hydroxylation is 1. The van der Waals surface area contributed by atoms with Crippen LogP contribution in [0.2, 0.25) is 15.1 Å². The van der Waals surface area contributed by atoms with Gasteiger partial charge in [-0.15, -0.1) is 0 Å². The van der Waals surface area contributed by atoms with Crippen LogP contribution >= 0.6 is 34.8 Å². The predicted octanol–water partition coefficient (Wildman–Crippen LogP) is 3.89. The predicted molar refractivity (Wildman–Crippen MR) is 104 cm³/mol. The molecule has 26 heavy (non-hydrogen) atoms. The minimum atomic E-state index is -0.295. The van der Waals surface area contributed by atoms with Gasteiger partial charge in [-0.25, -0.2) is 0 Å². The van der Waals surface area contributed by atoms with Crippen molar-refractivity contribution in [2.45, 2.75) is 13.0 Å². The number of carbonyl (C=O) groups excluding carboxylic acids is 1. The second-order valence-electron chi connectivity index (χ2n) is 5.42. The van der Waals surface area contributed by atoms with Gasteiger partial charge in [-0.3, -0.25) is 25.1 Å². The maximum absolute atomic E-state index is 12.1. The van der Waals surface area contributed by atoms with E-state index in [0.717, 1.165) is 0 Å². The topological polar surface area (TPSA) is 76.0 Å². The molecule has 0 atom stereocenters. The fraction of sp³-hybridized carbons (Fsp3) is 0.118. The number of anilines is 1. The zero-order chi connectivity index (χ0) is 18.7. The van der Waals surface area contributed by atoms with E-state index in [1.54, 1.807) is 22.9 Å². The number of nitrogens with one attached hydrogen (secondary N) is 2. The standard InChI is InChI=1S/C17H13Cl3N4O2/c18-10-7-12(19)17(13(20)8-10)23-22-16(26)5-6-24-14-4-2-1-3-11(14)15(25)9-21-24/h1-4,7-9,23H,5-6H2,(H,22,26). The highest BCUT2D eigenvalue weighted by Gasteiger charge is 2.10. The van der Waals surface area contributed by atoms with Gasteiger partial charge in [0.15, 0.2) is 0 Å². The maximum atomic E-state index is 12.1. The Hall–Kier alpha value is -2.28. The number of rotatable bonds is 5. The lowest BCUT2D eigenvalue weighted by Crippen LogP contribution is -2.30. The Morgan fingerprint density at radius 3 is 2.54 bits per heavy atom. The summed E-state index contributed by atoms with van der Waals surface area (Å²) in [5.74, 6) is -0.295. The zero-order valence-corrected chi connectivity index (χ0v) is 15.6. The van der Waals surface area contributed by atoms with Crippen LogP contribution in [0.4, 0.5) is 5.69 Å². The van der Waals surface area contributed by atoms with Crippen LogP contribution in [0.1, 0.15) is 6.42 Å². The van der Waals surface area contributed by atoms with Gasteiger partial charge in [0.05, 0.1) is 34.0 Å². The van der Waals surface area contributed by atoms with E-state index >= 15 is 0 Å². The van der Waals surface area contributed by atoms with Gasteiger partial charge in [0.1, 0.15) is 0 Å². The van der Waals surface area contributed by atoms with E-state index in [4.69, 9.17) is 34.8 Å². The Morgan fingerprint density at radius 2 is 1.81 bits per heavy atom. The number of benzene rings is 2. The largest absolute Gasteiger partial charge is 0.296 e. The third-order valence-electron chi connectivity index (χ3n) is 3.65. The fourth-order valence-corrected chi connectivity index (χ4v) is 3.31. The van der Waals surface area contributed by atoms with Crippen LogP contribution in [0.3, 0.4) is 0 Å². The molecule has 2 N–H and O–H groups in total. The monoisotopic (exact) mass is 410 g/mol. The number of aromatic nitrogens is 2. The number of fused-ring (bicyclic) bond motifs is 1. The molecular formula is C17H13Cl3N4O2. The van der Waals surface area contributed by atoms with Crippen molar-refractivity contribution >= 4 is 57.3 Å². The highest BCUT2D eigenvalue weighted by atomic mass is 35.5. The van der Waals surface area contributed by atoms with Gasteiger partial charge in [-0.2, -0.15) is 5.10 Å². The average molecular weight is 412 g/mol. The van der Waals surface area contributed by atoms with Crippen molar-refractivity contribution in [3.63, 3.8) is 0 Å². The van der Waals surface area contributed by atoms with E-state index in [-0.39, 0.29) is 27.8 Å². The van der Waals surface area contributed by atoms with Gasteiger partial charge in [0.2, 0.25) is 11.3 Å². The molecule has 0 fully saturated rings. The second kappa shape index (κ2) is 7.95. The van der Waals surface area contributed by atoms with Crippen molar-refractivity contribution in [1.29, 1.82) is 0 Å². The van der Waals surface area contributed by atoms with Crippen LogP contribution < -0.4 is 16.3 Å². The molecule has 0 aliphatic rings. The minimum absolute atomic E-state index is 0.135. The molecule has 0 saturated carbocycles. The van der Waals surface area contributed by atoms with Gasteiger partial charge in [-0.1, -0.05) is 46.9 Å². The lowest BCUT2D eigenvalue weighted by atomic mass is 10.2. The zero-order valence-electron chi connectivity index (χ0n) is 13.3. The first kappa shape index (κ1) is 18.5. The molecule has 1 amide bonds. The maximum Gasteiger partial charge on any atom is 0.240 e. The SMILES string of the molecule is O=C(CCn1ncc(=O)c2ccccc21)NNc1c(Cl)cc(Cl)cc1Cl. The average Bonchev–Trinajstić information content (AvgIpc) is 2.60. The Balaban J connectivity index is 1.65. The molecule has 0 saturated heterocycles. The molecule has 9 heteroatoms. The normalized spacial score (nSPS) is 10.7. The van der Waals surface area contributed by atoms with E-state index in [9.17, 15) is 9.59 Å². The molecule has 1 aromatic heterocycles. The van der Waals surface area contributed by atoms with E-state index < -0.39 is 0 Å². The van der Waals surface area contributed by atoms with Crippen molar-refractivity contribution in [3.8, 4) is 0 Å². The number of hydrazine groups is 1. The van der Waals surface area contributed by atoms with Crippen LogP contribution in [-0.2, 0) is 11.3 Å². The number of hydrogen-bond acceptors (Lipinski definition) is 4. The van der Waals surface area contributed by atoms with Crippen LogP contribution in [-0.4, -0.2) is 15.7 Å². The van der Waals surface area contributed by atoms with Crippen molar-refractivity contribution in [2.75, 3.05) is 5.43 Å². The third kappa shape index (κ3) is 4.09. The van der Waals surface area contributed by atoms with Crippen molar-refractivity contribution in [2.24, 2.45) is 0 Å². The van der Waals surface area contributed by atoms with Gasteiger partial charge in [0, 0.05) is 16.8 Å². The highest BCUT2D eigenvalue weighted by Crippen LogP contribution is 2.33. The first-order valence-corrected chi connectivity index (χ1v) is 8.73. The minimum Gasteiger partial charge on any atom is -0.296 e. The van der Waals surface area contributed by atoms with E-state index in [0.29, 0.717) is 28.2 Å². The number of halogens is 3. The fourth-order valence-electron chi connectivity index (χ4n) is 2.40. The summed E-state index contributed by atoms with van der Waals surface area (Å²) < 4.78 is 1.61. The summed E-state index contributed by atoms with van der Waals surface area (Å²) in [7, 11) is 0. The number of carbonyl (C=O) groups is 1. The molecule has 2 aromatic carbocycles. The van der Waals surface area contributed by atoms with E-state index in [1.165, 1.54) is 18.3 Å². The molecule has 0 unspecified atom stereocenters. The Kier molecular flexibility index (Phi) is 5.66. The van der Waals surface area contributed by atoms with Crippen LogP contribution in [0, 0.1) is 0 Å². The van der Waals surface area contributed by atoms with Crippen molar-refractivity contribution < 1.29 is 4.79 Å². The van der Waals surface area contributed by atoms with Crippen LogP contribution in [0.5, 0.6) is 0 Å². The summed E-state index contributed by atoms with van der Waals surface area (Å²) in [6.07, 6.45) is 1.38. The van der Waals surface area contributed by atoms with Gasteiger partial charge in [0.25, 0.3) is 0 Å². The smallest absolute Gasteiger partial charge is 0.240 e. The first-order chi connectivity index (χ1) is 12.5. The molecule has 3 aromatic rings. The van der Waals surface area contributed by atoms with E-state index in [2.05, 4.69) is 16.0 Å². The van der Waals surface area contributed by atoms with Crippen molar-refractivity contribution in [3.05, 3.63) is 67.9 Å². The van der Waals surface area contributed by atoms with Gasteiger partial charge < -0.3 is 0 Å². The summed E-state index contributed by atoms with van der Waals surface area (Å²) in [5, 5.41) is 5.61. The molecule has 6 nitrogen and oxygen atoms in total. The van der Waals surface area contributed by atoms with E-state index in [1.807, 2.05) is 6.07 Å². The summed E-state index contributed by atoms with van der Waals surface area (Å²) in [5.41, 5.74) is 6.09. The molecule has 0 bridgehead atoms. The Labute approximate surface area is 163 Å². The second-order valence-corrected chi connectivity index (χ2v) is 6.67. The van der Waals surface area contributed by atoms with Crippen molar-refractivity contribution in [1.82, 2.24) is 15.2 Å². The molecule has 3 rings (SSSR count). The molecule has 1 heterocycles. The number of hydrogen-bond donors (Lipinski definition) is 2.